The molecule has 5 nitrogen and oxygen atoms in total. The Bertz CT molecular complexity index is 872. The summed E-state index contributed by atoms with van der Waals surface area (Å²) in [5.74, 6) is 0.606. The second-order valence-corrected chi connectivity index (χ2v) is 7.47. The quantitative estimate of drug-likeness (QED) is 0.706. The van der Waals surface area contributed by atoms with E-state index in [2.05, 4.69) is 30.4 Å². The summed E-state index contributed by atoms with van der Waals surface area (Å²) >= 11 is 1.70. The Morgan fingerprint density at radius 3 is 2.58 bits per heavy atom. The number of rotatable bonds is 4. The number of hydrogen-bond acceptors (Lipinski definition) is 6. The summed E-state index contributed by atoms with van der Waals surface area (Å²) in [6, 6.07) is 10.3. The Morgan fingerprint density at radius 2 is 1.92 bits per heavy atom. The van der Waals surface area contributed by atoms with Crippen molar-refractivity contribution in [1.82, 2.24) is 20.1 Å². The highest BCUT2D eigenvalue weighted by atomic mass is 32.1. The van der Waals surface area contributed by atoms with Gasteiger partial charge in [-0.2, -0.15) is 0 Å². The maximum Gasteiger partial charge on any atom is 0.151 e. The Labute approximate surface area is 156 Å². The molecular formula is C19H20FN5S. The minimum Gasteiger partial charge on any atom is -0.353 e. The van der Waals surface area contributed by atoms with Gasteiger partial charge in [0.1, 0.15) is 5.82 Å². The molecule has 0 amide bonds. The fourth-order valence-corrected chi connectivity index (χ4v) is 3.74. The van der Waals surface area contributed by atoms with E-state index in [1.807, 2.05) is 25.1 Å². The SMILES string of the molecule is Cc1nc(CN2CCN(c3ccc(-c4cccc(F)c4)nn3)CC2)cs1. The monoisotopic (exact) mass is 369 g/mol. The highest BCUT2D eigenvalue weighted by Crippen LogP contribution is 2.20. The van der Waals surface area contributed by atoms with E-state index >= 15 is 0 Å². The first-order valence-electron chi connectivity index (χ1n) is 8.65. The van der Waals surface area contributed by atoms with E-state index in [-0.39, 0.29) is 5.82 Å². The number of nitrogens with zero attached hydrogens (tertiary/aromatic N) is 5. The smallest absolute Gasteiger partial charge is 0.151 e. The van der Waals surface area contributed by atoms with Crippen molar-refractivity contribution >= 4 is 17.2 Å². The molecule has 0 unspecified atom stereocenters. The van der Waals surface area contributed by atoms with Crippen LogP contribution in [0, 0.1) is 12.7 Å². The number of thiazole rings is 1. The van der Waals surface area contributed by atoms with Crippen molar-refractivity contribution in [3.63, 3.8) is 0 Å². The van der Waals surface area contributed by atoms with Crippen LogP contribution in [0.5, 0.6) is 0 Å². The van der Waals surface area contributed by atoms with E-state index in [0.717, 1.165) is 54.8 Å². The lowest BCUT2D eigenvalue weighted by Gasteiger charge is -2.34. The topological polar surface area (TPSA) is 45.2 Å². The molecule has 3 heterocycles. The molecule has 4 rings (SSSR count). The molecule has 1 aliphatic rings. The van der Waals surface area contributed by atoms with Gasteiger partial charge in [0.05, 0.1) is 16.4 Å². The van der Waals surface area contributed by atoms with Gasteiger partial charge in [-0.1, -0.05) is 12.1 Å². The highest BCUT2D eigenvalue weighted by Gasteiger charge is 2.19. The summed E-state index contributed by atoms with van der Waals surface area (Å²) in [4.78, 5) is 9.20. The molecule has 0 bridgehead atoms. The third-order valence-corrected chi connectivity index (χ3v) is 5.34. The lowest BCUT2D eigenvalue weighted by Crippen LogP contribution is -2.46. The third-order valence-electron chi connectivity index (χ3n) is 4.52. The van der Waals surface area contributed by atoms with Gasteiger partial charge < -0.3 is 4.90 Å². The van der Waals surface area contributed by atoms with E-state index in [9.17, 15) is 4.39 Å². The summed E-state index contributed by atoms with van der Waals surface area (Å²) in [5, 5.41) is 11.9. The van der Waals surface area contributed by atoms with Crippen LogP contribution < -0.4 is 4.90 Å². The Hall–Kier alpha value is -2.38. The molecule has 2 aromatic heterocycles. The summed E-state index contributed by atoms with van der Waals surface area (Å²) < 4.78 is 13.4. The molecule has 134 valence electrons. The van der Waals surface area contributed by atoms with Gasteiger partial charge in [-0.05, 0) is 31.2 Å². The largest absolute Gasteiger partial charge is 0.353 e. The number of hydrogen-bond donors (Lipinski definition) is 0. The predicted octanol–water partition coefficient (Wildman–Crippen LogP) is 3.37. The van der Waals surface area contributed by atoms with Crippen LogP contribution in [-0.4, -0.2) is 46.3 Å². The van der Waals surface area contributed by atoms with Crippen molar-refractivity contribution in [2.24, 2.45) is 0 Å². The number of piperazine rings is 1. The molecule has 1 fully saturated rings. The normalized spacial score (nSPS) is 15.4. The minimum atomic E-state index is -0.264. The molecule has 0 saturated carbocycles. The Balaban J connectivity index is 1.37. The molecule has 7 heteroatoms. The van der Waals surface area contributed by atoms with Crippen molar-refractivity contribution in [2.75, 3.05) is 31.1 Å². The fraction of sp³-hybridized carbons (Fsp3) is 0.316. The van der Waals surface area contributed by atoms with Crippen molar-refractivity contribution in [1.29, 1.82) is 0 Å². The standard InChI is InChI=1S/C19H20FN5S/c1-14-21-17(13-26-14)12-24-7-9-25(10-8-24)19-6-5-18(22-23-19)15-3-2-4-16(20)11-15/h2-6,11,13H,7-10,12H2,1H3. The van der Waals surface area contributed by atoms with E-state index in [1.54, 1.807) is 17.4 Å². The van der Waals surface area contributed by atoms with Gasteiger partial charge in [-0.15, -0.1) is 21.5 Å². The van der Waals surface area contributed by atoms with Gasteiger partial charge in [-0.25, -0.2) is 9.37 Å². The summed E-state index contributed by atoms with van der Waals surface area (Å²) in [5.41, 5.74) is 2.58. The summed E-state index contributed by atoms with van der Waals surface area (Å²) in [6.45, 7) is 6.72. The zero-order chi connectivity index (χ0) is 17.9. The second kappa shape index (κ2) is 7.47. The molecule has 0 spiro atoms. The molecular weight excluding hydrogens is 349 g/mol. The average Bonchev–Trinajstić information content (AvgIpc) is 3.07. The van der Waals surface area contributed by atoms with Crippen molar-refractivity contribution in [3.05, 3.63) is 58.3 Å². The van der Waals surface area contributed by atoms with Crippen LogP contribution in [0.4, 0.5) is 10.2 Å². The number of halogens is 1. The lowest BCUT2D eigenvalue weighted by atomic mass is 10.1. The number of benzene rings is 1. The highest BCUT2D eigenvalue weighted by molar-refractivity contribution is 7.09. The van der Waals surface area contributed by atoms with E-state index in [1.165, 1.54) is 12.1 Å². The van der Waals surface area contributed by atoms with Gasteiger partial charge in [0.25, 0.3) is 0 Å². The van der Waals surface area contributed by atoms with Crippen molar-refractivity contribution < 1.29 is 4.39 Å². The predicted molar refractivity (Wildman–Crippen MR) is 102 cm³/mol. The van der Waals surface area contributed by atoms with Crippen molar-refractivity contribution in [3.8, 4) is 11.3 Å². The molecule has 0 atom stereocenters. The van der Waals surface area contributed by atoms with Crippen LogP contribution in [0.15, 0.2) is 41.8 Å². The van der Waals surface area contributed by atoms with E-state index in [4.69, 9.17) is 0 Å². The van der Waals surface area contributed by atoms with Gasteiger partial charge in [0, 0.05) is 43.7 Å². The molecule has 3 aromatic rings. The first-order chi connectivity index (χ1) is 12.7. The Kier molecular flexibility index (Phi) is 4.90. The molecule has 1 aromatic carbocycles. The number of aryl methyl sites for hydroxylation is 1. The van der Waals surface area contributed by atoms with E-state index in [0.29, 0.717) is 5.69 Å². The first kappa shape index (κ1) is 17.1. The number of aromatic nitrogens is 3. The maximum atomic E-state index is 13.4. The molecule has 26 heavy (non-hydrogen) atoms. The molecule has 0 aliphatic carbocycles. The van der Waals surface area contributed by atoms with E-state index < -0.39 is 0 Å². The third kappa shape index (κ3) is 3.89. The van der Waals surface area contributed by atoms with Crippen LogP contribution in [0.2, 0.25) is 0 Å². The Morgan fingerprint density at radius 1 is 1.08 bits per heavy atom. The molecule has 0 N–H and O–H groups in total. The van der Waals surface area contributed by atoms with Crippen LogP contribution in [0.3, 0.4) is 0 Å². The fourth-order valence-electron chi connectivity index (χ4n) is 3.14. The van der Waals surface area contributed by atoms with Crippen molar-refractivity contribution in [2.45, 2.75) is 13.5 Å². The molecule has 1 aliphatic heterocycles. The number of anilines is 1. The second-order valence-electron chi connectivity index (χ2n) is 6.41. The van der Waals surface area contributed by atoms with Gasteiger partial charge in [-0.3, -0.25) is 4.90 Å². The first-order valence-corrected chi connectivity index (χ1v) is 9.53. The maximum absolute atomic E-state index is 13.4. The zero-order valence-electron chi connectivity index (χ0n) is 14.6. The van der Waals surface area contributed by atoms with Crippen LogP contribution >= 0.6 is 11.3 Å². The minimum absolute atomic E-state index is 0.264. The van der Waals surface area contributed by atoms with Gasteiger partial charge in [0.15, 0.2) is 5.82 Å². The zero-order valence-corrected chi connectivity index (χ0v) is 15.4. The van der Waals surface area contributed by atoms with Crippen LogP contribution in [-0.2, 0) is 6.54 Å². The lowest BCUT2D eigenvalue weighted by molar-refractivity contribution is 0.247. The van der Waals surface area contributed by atoms with Crippen LogP contribution in [0.1, 0.15) is 10.7 Å². The van der Waals surface area contributed by atoms with Gasteiger partial charge in [0.2, 0.25) is 0 Å². The van der Waals surface area contributed by atoms with Crippen LogP contribution in [0.25, 0.3) is 11.3 Å². The van der Waals surface area contributed by atoms with Gasteiger partial charge >= 0.3 is 0 Å². The average molecular weight is 369 g/mol. The summed E-state index contributed by atoms with van der Waals surface area (Å²) in [6.07, 6.45) is 0. The summed E-state index contributed by atoms with van der Waals surface area (Å²) in [7, 11) is 0. The molecule has 0 radical (unpaired) electrons. The molecule has 1 saturated heterocycles.